The number of aromatic nitrogens is 2. The molecular formula is C16H19ClN4O. The van der Waals surface area contributed by atoms with E-state index in [0.29, 0.717) is 22.6 Å². The van der Waals surface area contributed by atoms with Crippen LogP contribution in [0, 0.1) is 0 Å². The van der Waals surface area contributed by atoms with Crippen LogP contribution in [0.1, 0.15) is 25.7 Å². The van der Waals surface area contributed by atoms with E-state index in [1.165, 1.54) is 25.7 Å². The fraction of sp³-hybridized carbons (Fsp3) is 0.375. The molecule has 3 rings (SSSR count). The van der Waals surface area contributed by atoms with Gasteiger partial charge in [0.05, 0.1) is 12.8 Å². The van der Waals surface area contributed by atoms with Crippen molar-refractivity contribution < 1.29 is 4.74 Å². The van der Waals surface area contributed by atoms with Crippen LogP contribution in [0.3, 0.4) is 0 Å². The van der Waals surface area contributed by atoms with Gasteiger partial charge in [0.2, 0.25) is 0 Å². The summed E-state index contributed by atoms with van der Waals surface area (Å²) < 4.78 is 5.33. The van der Waals surface area contributed by atoms with Crippen molar-refractivity contribution in [3.8, 4) is 5.75 Å². The number of nitrogens with one attached hydrogen (secondary N) is 2. The molecule has 2 N–H and O–H groups in total. The average Bonchev–Trinajstić information content (AvgIpc) is 3.01. The molecule has 6 heteroatoms. The van der Waals surface area contributed by atoms with Crippen LogP contribution in [0.25, 0.3) is 0 Å². The SMILES string of the molecule is COc1ccc(Cl)cc1Nc1cc(NC2CCCC2)ncn1. The van der Waals surface area contributed by atoms with Crippen LogP contribution < -0.4 is 15.4 Å². The molecule has 116 valence electrons. The Morgan fingerprint density at radius 3 is 2.68 bits per heavy atom. The zero-order valence-electron chi connectivity index (χ0n) is 12.5. The Kier molecular flexibility index (Phi) is 4.63. The van der Waals surface area contributed by atoms with Crippen molar-refractivity contribution in [1.82, 2.24) is 9.97 Å². The number of hydrogen-bond acceptors (Lipinski definition) is 5. The first-order valence-corrected chi connectivity index (χ1v) is 7.81. The fourth-order valence-corrected chi connectivity index (χ4v) is 2.87. The molecule has 1 heterocycles. The van der Waals surface area contributed by atoms with Crippen molar-refractivity contribution >= 4 is 28.9 Å². The van der Waals surface area contributed by atoms with Crippen LogP contribution >= 0.6 is 11.6 Å². The number of anilines is 3. The van der Waals surface area contributed by atoms with E-state index in [1.807, 2.05) is 18.2 Å². The van der Waals surface area contributed by atoms with Gasteiger partial charge in [-0.1, -0.05) is 24.4 Å². The number of hydrogen-bond donors (Lipinski definition) is 2. The van der Waals surface area contributed by atoms with Gasteiger partial charge in [-0.25, -0.2) is 9.97 Å². The van der Waals surface area contributed by atoms with E-state index in [0.717, 1.165) is 11.5 Å². The minimum atomic E-state index is 0.517. The number of halogens is 1. The predicted octanol–water partition coefficient (Wildman–Crippen LogP) is 4.24. The van der Waals surface area contributed by atoms with Gasteiger partial charge in [0.25, 0.3) is 0 Å². The van der Waals surface area contributed by atoms with E-state index >= 15 is 0 Å². The zero-order valence-corrected chi connectivity index (χ0v) is 13.2. The van der Waals surface area contributed by atoms with Crippen molar-refractivity contribution in [2.24, 2.45) is 0 Å². The molecule has 1 fully saturated rings. The lowest BCUT2D eigenvalue weighted by Gasteiger charge is -2.14. The van der Waals surface area contributed by atoms with Gasteiger partial charge in [-0.3, -0.25) is 0 Å². The number of nitrogens with zero attached hydrogens (tertiary/aromatic N) is 2. The lowest BCUT2D eigenvalue weighted by molar-refractivity contribution is 0.417. The van der Waals surface area contributed by atoms with Crippen molar-refractivity contribution in [3.05, 3.63) is 35.6 Å². The molecular weight excluding hydrogens is 300 g/mol. The molecule has 0 spiro atoms. The maximum atomic E-state index is 6.04. The summed E-state index contributed by atoms with van der Waals surface area (Å²) >= 11 is 6.04. The van der Waals surface area contributed by atoms with Gasteiger partial charge in [-0.15, -0.1) is 0 Å². The van der Waals surface area contributed by atoms with Gasteiger partial charge < -0.3 is 15.4 Å². The maximum absolute atomic E-state index is 6.04. The highest BCUT2D eigenvalue weighted by atomic mass is 35.5. The minimum absolute atomic E-state index is 0.517. The summed E-state index contributed by atoms with van der Waals surface area (Å²) in [5.74, 6) is 2.26. The van der Waals surface area contributed by atoms with E-state index in [1.54, 1.807) is 19.5 Å². The number of methoxy groups -OCH3 is 1. The summed E-state index contributed by atoms with van der Waals surface area (Å²) in [6.45, 7) is 0. The molecule has 0 aliphatic heterocycles. The number of ether oxygens (including phenoxy) is 1. The van der Waals surface area contributed by atoms with Crippen LogP contribution in [0.5, 0.6) is 5.75 Å². The third kappa shape index (κ3) is 3.60. The summed E-state index contributed by atoms with van der Waals surface area (Å²) in [6, 6.07) is 7.84. The third-order valence-corrected chi connectivity index (χ3v) is 4.03. The Morgan fingerprint density at radius 2 is 1.91 bits per heavy atom. The normalized spacial score (nSPS) is 14.8. The van der Waals surface area contributed by atoms with Gasteiger partial charge >= 0.3 is 0 Å². The topological polar surface area (TPSA) is 59.1 Å². The highest BCUT2D eigenvalue weighted by molar-refractivity contribution is 6.31. The van der Waals surface area contributed by atoms with Crippen LogP contribution in [0.15, 0.2) is 30.6 Å². The number of rotatable bonds is 5. The first-order valence-electron chi connectivity index (χ1n) is 7.44. The summed E-state index contributed by atoms with van der Waals surface area (Å²) in [7, 11) is 1.63. The van der Waals surface area contributed by atoms with Gasteiger partial charge in [-0.2, -0.15) is 0 Å². The Morgan fingerprint density at radius 1 is 1.14 bits per heavy atom. The first kappa shape index (κ1) is 14.9. The first-order chi connectivity index (χ1) is 10.7. The zero-order chi connectivity index (χ0) is 15.4. The Balaban J connectivity index is 1.76. The van der Waals surface area contributed by atoms with Crippen molar-refractivity contribution in [3.63, 3.8) is 0 Å². The molecule has 1 aliphatic rings. The van der Waals surface area contributed by atoms with Crippen LogP contribution in [-0.4, -0.2) is 23.1 Å². The van der Waals surface area contributed by atoms with Gasteiger partial charge in [0.1, 0.15) is 23.7 Å². The minimum Gasteiger partial charge on any atom is -0.495 e. The standard InChI is InChI=1S/C16H19ClN4O/c1-22-14-7-6-11(17)8-13(14)21-16-9-15(18-10-19-16)20-12-4-2-3-5-12/h6-10,12H,2-5H2,1H3,(H2,18,19,20,21). The third-order valence-electron chi connectivity index (χ3n) is 3.80. The molecule has 2 aromatic rings. The summed E-state index contributed by atoms with van der Waals surface area (Å²) in [5, 5.41) is 7.33. The van der Waals surface area contributed by atoms with Gasteiger partial charge in [0, 0.05) is 17.1 Å². The molecule has 1 aromatic carbocycles. The highest BCUT2D eigenvalue weighted by Gasteiger charge is 2.15. The molecule has 1 aromatic heterocycles. The second-order valence-corrected chi connectivity index (χ2v) is 5.82. The largest absolute Gasteiger partial charge is 0.495 e. The smallest absolute Gasteiger partial charge is 0.142 e. The predicted molar refractivity (Wildman–Crippen MR) is 89.2 cm³/mol. The van der Waals surface area contributed by atoms with E-state index in [9.17, 15) is 0 Å². The van der Waals surface area contributed by atoms with E-state index in [2.05, 4.69) is 20.6 Å². The summed E-state index contributed by atoms with van der Waals surface area (Å²) in [6.07, 6.45) is 6.53. The van der Waals surface area contributed by atoms with Crippen LogP contribution in [0.2, 0.25) is 5.02 Å². The molecule has 0 unspecified atom stereocenters. The quantitative estimate of drug-likeness (QED) is 0.863. The molecule has 0 amide bonds. The molecule has 0 saturated heterocycles. The summed E-state index contributed by atoms with van der Waals surface area (Å²) in [5.41, 5.74) is 0.778. The Labute approximate surface area is 135 Å². The van der Waals surface area contributed by atoms with E-state index < -0.39 is 0 Å². The van der Waals surface area contributed by atoms with Crippen molar-refractivity contribution in [1.29, 1.82) is 0 Å². The Hall–Kier alpha value is -2.01. The van der Waals surface area contributed by atoms with Gasteiger partial charge in [-0.05, 0) is 31.0 Å². The average molecular weight is 319 g/mol. The van der Waals surface area contributed by atoms with Crippen molar-refractivity contribution in [2.75, 3.05) is 17.7 Å². The molecule has 0 bridgehead atoms. The van der Waals surface area contributed by atoms with Gasteiger partial charge in [0.15, 0.2) is 0 Å². The monoisotopic (exact) mass is 318 g/mol. The maximum Gasteiger partial charge on any atom is 0.142 e. The molecule has 0 atom stereocenters. The fourth-order valence-electron chi connectivity index (χ4n) is 2.70. The van der Waals surface area contributed by atoms with Crippen LogP contribution in [0.4, 0.5) is 17.3 Å². The summed E-state index contributed by atoms with van der Waals surface area (Å²) in [4.78, 5) is 8.54. The lowest BCUT2D eigenvalue weighted by atomic mass is 10.2. The van der Waals surface area contributed by atoms with E-state index in [-0.39, 0.29) is 0 Å². The second-order valence-electron chi connectivity index (χ2n) is 5.38. The van der Waals surface area contributed by atoms with Crippen LogP contribution in [-0.2, 0) is 0 Å². The molecule has 1 saturated carbocycles. The van der Waals surface area contributed by atoms with Crippen molar-refractivity contribution in [2.45, 2.75) is 31.7 Å². The molecule has 22 heavy (non-hydrogen) atoms. The molecule has 1 aliphatic carbocycles. The second kappa shape index (κ2) is 6.83. The Bertz CT molecular complexity index is 644. The highest BCUT2D eigenvalue weighted by Crippen LogP contribution is 2.30. The van der Waals surface area contributed by atoms with E-state index in [4.69, 9.17) is 16.3 Å². The lowest BCUT2D eigenvalue weighted by Crippen LogP contribution is -2.15. The molecule has 5 nitrogen and oxygen atoms in total. The molecule has 0 radical (unpaired) electrons. The number of benzene rings is 1.